The normalized spacial score (nSPS) is 14.7. The maximum atomic E-state index is 8.62. The van der Waals surface area contributed by atoms with E-state index in [1.165, 1.54) is 0 Å². The summed E-state index contributed by atoms with van der Waals surface area (Å²) in [5.41, 5.74) is 10.3. The molecule has 2 unspecified atom stereocenters. The fourth-order valence-corrected chi connectivity index (χ4v) is 0.197. The average molecular weight is 152 g/mol. The van der Waals surface area contributed by atoms with Crippen LogP contribution < -0.4 is 11.5 Å². The zero-order chi connectivity index (χ0) is 5.86. The number of nitrogens with two attached hydrogens (primary N) is 2. The number of hydrogen-bond donors (Lipinski definition) is 3. The Morgan fingerprint density at radius 3 is 1.78 bits per heavy atom. The van der Waals surface area contributed by atoms with E-state index in [0.29, 0.717) is 6.54 Å². The fourth-order valence-electron chi connectivity index (χ4n) is 0.197. The van der Waals surface area contributed by atoms with Crippen molar-refractivity contribution in [2.75, 3.05) is 6.54 Å². The van der Waals surface area contributed by atoms with Crippen LogP contribution >= 0.6 is 0 Å². The molecule has 2 atom stereocenters. The second-order valence-electron chi connectivity index (χ2n) is 1.64. The van der Waals surface area contributed by atoms with E-state index in [4.69, 9.17) is 16.6 Å². The van der Waals surface area contributed by atoms with Crippen LogP contribution in [0.15, 0.2) is 0 Å². The van der Waals surface area contributed by atoms with Crippen LogP contribution in [0.3, 0.4) is 0 Å². The molecule has 0 spiro atoms. The Labute approximate surface area is 100 Å². The standard InChI is InChI=1S/C4H12N2O.2Na.2H/c1-3(7)4(6)2-5;;;;/h3-4,7H,2,5-6H2,1H3;;;;. The van der Waals surface area contributed by atoms with Gasteiger partial charge < -0.3 is 16.6 Å². The van der Waals surface area contributed by atoms with Gasteiger partial charge in [0.2, 0.25) is 0 Å². The molecule has 9 heavy (non-hydrogen) atoms. The Hall–Kier alpha value is 1.88. The second kappa shape index (κ2) is 9.88. The molecule has 0 radical (unpaired) electrons. The SMILES string of the molecule is CC(O)C(N)CN.[NaH].[NaH]. The first-order valence-corrected chi connectivity index (χ1v) is 2.32. The molecule has 0 heterocycles. The first kappa shape index (κ1) is 17.1. The maximum absolute atomic E-state index is 8.62. The van der Waals surface area contributed by atoms with Gasteiger partial charge in [-0.2, -0.15) is 0 Å². The molecule has 0 aliphatic heterocycles. The third kappa shape index (κ3) is 9.88. The summed E-state index contributed by atoms with van der Waals surface area (Å²) in [4.78, 5) is 0. The van der Waals surface area contributed by atoms with Gasteiger partial charge in [-0.15, -0.1) is 0 Å². The van der Waals surface area contributed by atoms with E-state index >= 15 is 0 Å². The third-order valence-electron chi connectivity index (χ3n) is 0.892. The Bertz CT molecular complexity index is 53.8. The summed E-state index contributed by atoms with van der Waals surface area (Å²) >= 11 is 0. The summed E-state index contributed by atoms with van der Waals surface area (Å²) in [7, 11) is 0. The topological polar surface area (TPSA) is 72.3 Å². The molecule has 0 aliphatic rings. The van der Waals surface area contributed by atoms with Crippen molar-refractivity contribution < 1.29 is 5.11 Å². The summed E-state index contributed by atoms with van der Waals surface area (Å²) in [5, 5.41) is 8.62. The summed E-state index contributed by atoms with van der Waals surface area (Å²) < 4.78 is 0. The molecule has 0 amide bonds. The van der Waals surface area contributed by atoms with Crippen LogP contribution in [0.25, 0.3) is 0 Å². The summed E-state index contributed by atoms with van der Waals surface area (Å²) in [6.07, 6.45) is -0.481. The van der Waals surface area contributed by atoms with E-state index in [1.807, 2.05) is 0 Å². The van der Waals surface area contributed by atoms with Crippen molar-refractivity contribution >= 4 is 59.1 Å². The van der Waals surface area contributed by atoms with E-state index in [1.54, 1.807) is 6.92 Å². The Kier molecular flexibility index (Phi) is 18.8. The number of hydrogen-bond acceptors (Lipinski definition) is 3. The van der Waals surface area contributed by atoms with Gasteiger partial charge in [-0.1, -0.05) is 0 Å². The van der Waals surface area contributed by atoms with Crippen molar-refractivity contribution in [2.24, 2.45) is 11.5 Å². The molecule has 0 aliphatic carbocycles. The molecule has 48 valence electrons. The zero-order valence-electron chi connectivity index (χ0n) is 4.46. The van der Waals surface area contributed by atoms with E-state index in [2.05, 4.69) is 0 Å². The van der Waals surface area contributed by atoms with Crippen molar-refractivity contribution in [3.63, 3.8) is 0 Å². The van der Waals surface area contributed by atoms with Crippen LogP contribution in [0.4, 0.5) is 0 Å². The monoisotopic (exact) mass is 152 g/mol. The van der Waals surface area contributed by atoms with Crippen LogP contribution in [-0.2, 0) is 0 Å². The van der Waals surface area contributed by atoms with Crippen LogP contribution in [0.2, 0.25) is 0 Å². The molecular weight excluding hydrogens is 138 g/mol. The molecule has 5 heteroatoms. The van der Waals surface area contributed by atoms with Crippen LogP contribution in [0, 0.1) is 0 Å². The van der Waals surface area contributed by atoms with Crippen molar-refractivity contribution in [2.45, 2.75) is 19.1 Å². The zero-order valence-corrected chi connectivity index (χ0v) is 4.46. The van der Waals surface area contributed by atoms with E-state index in [0.717, 1.165) is 0 Å². The molecule has 0 aromatic rings. The van der Waals surface area contributed by atoms with Gasteiger partial charge in [0.25, 0.3) is 0 Å². The summed E-state index contributed by atoms with van der Waals surface area (Å²) in [5.74, 6) is 0. The first-order chi connectivity index (χ1) is 3.18. The van der Waals surface area contributed by atoms with E-state index in [9.17, 15) is 0 Å². The quantitative estimate of drug-likeness (QED) is 0.379. The molecule has 0 fully saturated rings. The van der Waals surface area contributed by atoms with Crippen molar-refractivity contribution in [1.29, 1.82) is 0 Å². The Balaban J connectivity index is -0.000000180. The summed E-state index contributed by atoms with van der Waals surface area (Å²) in [6, 6.07) is -0.264. The Morgan fingerprint density at radius 2 is 1.78 bits per heavy atom. The van der Waals surface area contributed by atoms with E-state index < -0.39 is 6.10 Å². The molecule has 0 rings (SSSR count). The van der Waals surface area contributed by atoms with Crippen LogP contribution in [0.1, 0.15) is 6.92 Å². The summed E-state index contributed by atoms with van der Waals surface area (Å²) in [6.45, 7) is 1.97. The predicted octanol–water partition coefficient (Wildman–Crippen LogP) is -2.64. The molecule has 0 bridgehead atoms. The van der Waals surface area contributed by atoms with Crippen molar-refractivity contribution in [1.82, 2.24) is 0 Å². The molecule has 3 nitrogen and oxygen atoms in total. The van der Waals surface area contributed by atoms with Crippen LogP contribution in [0.5, 0.6) is 0 Å². The van der Waals surface area contributed by atoms with Gasteiger partial charge in [0.05, 0.1) is 6.10 Å². The minimum absolute atomic E-state index is 0. The van der Waals surface area contributed by atoms with E-state index in [-0.39, 0.29) is 65.2 Å². The van der Waals surface area contributed by atoms with Gasteiger partial charge in [0.15, 0.2) is 0 Å². The van der Waals surface area contributed by atoms with Gasteiger partial charge in [-0.25, -0.2) is 0 Å². The van der Waals surface area contributed by atoms with Crippen molar-refractivity contribution in [3.8, 4) is 0 Å². The minimum atomic E-state index is -0.481. The fraction of sp³-hybridized carbons (Fsp3) is 1.00. The van der Waals surface area contributed by atoms with Gasteiger partial charge >= 0.3 is 59.1 Å². The second-order valence-corrected chi connectivity index (χ2v) is 1.64. The van der Waals surface area contributed by atoms with Crippen molar-refractivity contribution in [3.05, 3.63) is 0 Å². The molecule has 0 saturated heterocycles. The molecule has 0 aromatic carbocycles. The molecule has 0 aromatic heterocycles. The van der Waals surface area contributed by atoms with Crippen LogP contribution in [-0.4, -0.2) is 82.9 Å². The average Bonchev–Trinajstić information content (AvgIpc) is 1.65. The predicted molar refractivity (Wildman–Crippen MR) is 43.0 cm³/mol. The van der Waals surface area contributed by atoms with Gasteiger partial charge in [-0.3, -0.25) is 0 Å². The number of rotatable bonds is 2. The van der Waals surface area contributed by atoms with Gasteiger partial charge in [0.1, 0.15) is 0 Å². The molecule has 5 N–H and O–H groups in total. The Morgan fingerprint density at radius 1 is 1.44 bits per heavy atom. The van der Waals surface area contributed by atoms with Gasteiger partial charge in [0, 0.05) is 12.6 Å². The first-order valence-electron chi connectivity index (χ1n) is 2.32. The van der Waals surface area contributed by atoms with Gasteiger partial charge in [-0.05, 0) is 6.92 Å². The third-order valence-corrected chi connectivity index (χ3v) is 0.892. The molecule has 0 saturated carbocycles. The number of aliphatic hydroxyl groups is 1. The number of aliphatic hydroxyl groups excluding tert-OH is 1. The molecular formula is C4H14N2Na2O.